The Morgan fingerprint density at radius 3 is 2.50 bits per heavy atom. The number of aliphatic imine (C=N–C) groups is 1. The summed E-state index contributed by atoms with van der Waals surface area (Å²) in [5.41, 5.74) is 1.20. The van der Waals surface area contributed by atoms with Gasteiger partial charge in [0.25, 0.3) is 5.91 Å². The van der Waals surface area contributed by atoms with Crippen molar-refractivity contribution >= 4 is 17.6 Å². The molecular formula is C13H11NO4. The maximum Gasteiger partial charge on any atom is 0.320 e. The molecular weight excluding hydrogens is 234 g/mol. The second-order valence-corrected chi connectivity index (χ2v) is 3.74. The van der Waals surface area contributed by atoms with E-state index in [9.17, 15) is 9.59 Å². The van der Waals surface area contributed by atoms with Gasteiger partial charge < -0.3 is 9.84 Å². The number of dihydropyridines is 1. The van der Waals surface area contributed by atoms with Gasteiger partial charge in [-0.2, -0.15) is 0 Å². The number of rotatable bonds is 3. The van der Waals surface area contributed by atoms with E-state index >= 15 is 0 Å². The number of allylic oxidation sites excluding steroid dienone is 1. The first-order valence-corrected chi connectivity index (χ1v) is 5.30. The summed E-state index contributed by atoms with van der Waals surface area (Å²) in [6, 6.07) is 7.02. The van der Waals surface area contributed by atoms with Gasteiger partial charge in [0.15, 0.2) is 5.92 Å². The standard InChI is InChI=1S/C13H11NO4/c1-18-9-4-2-8(3-5-9)11-7-6-10(13(16)17)12(15)14-11/h2-7,10H,1H3,(H,16,17). The van der Waals surface area contributed by atoms with Crippen molar-refractivity contribution < 1.29 is 19.4 Å². The molecule has 92 valence electrons. The average molecular weight is 245 g/mol. The van der Waals surface area contributed by atoms with Gasteiger partial charge in [-0.25, -0.2) is 4.99 Å². The Morgan fingerprint density at radius 1 is 1.33 bits per heavy atom. The van der Waals surface area contributed by atoms with Crippen molar-refractivity contribution in [3.05, 3.63) is 42.0 Å². The van der Waals surface area contributed by atoms with Crippen molar-refractivity contribution in [2.24, 2.45) is 10.9 Å². The summed E-state index contributed by atoms with van der Waals surface area (Å²) in [6.07, 6.45) is 2.89. The van der Waals surface area contributed by atoms with Crippen molar-refractivity contribution in [1.29, 1.82) is 0 Å². The van der Waals surface area contributed by atoms with E-state index in [1.165, 1.54) is 6.08 Å². The van der Waals surface area contributed by atoms with Crippen LogP contribution in [-0.2, 0) is 9.59 Å². The molecule has 1 aliphatic heterocycles. The van der Waals surface area contributed by atoms with Crippen LogP contribution in [0.4, 0.5) is 0 Å². The molecule has 0 spiro atoms. The summed E-state index contributed by atoms with van der Waals surface area (Å²) < 4.78 is 5.02. The lowest BCUT2D eigenvalue weighted by atomic mass is 10.0. The van der Waals surface area contributed by atoms with Crippen LogP contribution in [0.15, 0.2) is 41.4 Å². The van der Waals surface area contributed by atoms with Crippen molar-refractivity contribution in [3.63, 3.8) is 0 Å². The molecule has 1 aliphatic rings. The largest absolute Gasteiger partial charge is 0.497 e. The summed E-state index contributed by atoms with van der Waals surface area (Å²) in [7, 11) is 1.56. The van der Waals surface area contributed by atoms with E-state index < -0.39 is 17.8 Å². The Kier molecular flexibility index (Phi) is 3.23. The van der Waals surface area contributed by atoms with Crippen molar-refractivity contribution in [1.82, 2.24) is 0 Å². The summed E-state index contributed by atoms with van der Waals surface area (Å²) in [5, 5.41) is 8.78. The lowest BCUT2D eigenvalue weighted by molar-refractivity contribution is -0.143. The first-order valence-electron chi connectivity index (χ1n) is 5.30. The van der Waals surface area contributed by atoms with Gasteiger partial charge in [-0.3, -0.25) is 9.59 Å². The third kappa shape index (κ3) is 2.29. The van der Waals surface area contributed by atoms with E-state index in [1.54, 1.807) is 37.5 Å². The van der Waals surface area contributed by atoms with Crippen LogP contribution in [0.5, 0.6) is 5.75 Å². The topological polar surface area (TPSA) is 76.0 Å². The number of ether oxygens (including phenoxy) is 1. The number of benzene rings is 1. The smallest absolute Gasteiger partial charge is 0.320 e. The maximum absolute atomic E-state index is 11.5. The molecule has 5 nitrogen and oxygen atoms in total. The quantitative estimate of drug-likeness (QED) is 0.814. The summed E-state index contributed by atoms with van der Waals surface area (Å²) in [4.78, 5) is 26.0. The van der Waals surface area contributed by atoms with Gasteiger partial charge in [-0.15, -0.1) is 0 Å². The molecule has 5 heteroatoms. The zero-order valence-electron chi connectivity index (χ0n) is 9.66. The number of carbonyl (C=O) groups excluding carboxylic acids is 1. The van der Waals surface area contributed by atoms with E-state index in [4.69, 9.17) is 9.84 Å². The second kappa shape index (κ2) is 4.83. The van der Waals surface area contributed by atoms with Crippen molar-refractivity contribution in [2.45, 2.75) is 0 Å². The van der Waals surface area contributed by atoms with Crippen LogP contribution in [0, 0.1) is 5.92 Å². The summed E-state index contributed by atoms with van der Waals surface area (Å²) >= 11 is 0. The highest BCUT2D eigenvalue weighted by atomic mass is 16.5. The molecule has 1 amide bonds. The molecule has 18 heavy (non-hydrogen) atoms. The van der Waals surface area contributed by atoms with Crippen LogP contribution in [0.2, 0.25) is 0 Å². The Hall–Kier alpha value is -2.43. The maximum atomic E-state index is 11.5. The van der Waals surface area contributed by atoms with Gasteiger partial charge >= 0.3 is 5.97 Å². The van der Waals surface area contributed by atoms with Gasteiger partial charge in [0.1, 0.15) is 5.75 Å². The number of carbonyl (C=O) groups is 2. The number of hydrogen-bond donors (Lipinski definition) is 1. The molecule has 1 N–H and O–H groups in total. The highest BCUT2D eigenvalue weighted by molar-refractivity contribution is 6.18. The van der Waals surface area contributed by atoms with E-state index in [0.29, 0.717) is 11.5 Å². The molecule has 0 aromatic heterocycles. The molecule has 0 saturated heterocycles. The number of amides is 1. The SMILES string of the molecule is COc1ccc(C2=NC(=O)C(C(=O)O)C=C2)cc1. The predicted molar refractivity (Wildman–Crippen MR) is 64.8 cm³/mol. The van der Waals surface area contributed by atoms with Crippen molar-refractivity contribution in [3.8, 4) is 5.75 Å². The zero-order chi connectivity index (χ0) is 13.1. The molecule has 1 unspecified atom stereocenters. The molecule has 1 heterocycles. The van der Waals surface area contributed by atoms with Crippen LogP contribution in [0.25, 0.3) is 0 Å². The summed E-state index contributed by atoms with van der Waals surface area (Å²) in [5.74, 6) is -2.31. The highest BCUT2D eigenvalue weighted by Crippen LogP contribution is 2.16. The Labute approximate surface area is 103 Å². The van der Waals surface area contributed by atoms with E-state index in [-0.39, 0.29) is 0 Å². The molecule has 0 radical (unpaired) electrons. The van der Waals surface area contributed by atoms with Gasteiger partial charge in [-0.05, 0) is 30.3 Å². The number of carboxylic acids is 1. The molecule has 2 rings (SSSR count). The van der Waals surface area contributed by atoms with Gasteiger partial charge in [-0.1, -0.05) is 6.08 Å². The van der Waals surface area contributed by atoms with Crippen LogP contribution >= 0.6 is 0 Å². The third-order valence-corrected chi connectivity index (χ3v) is 2.60. The third-order valence-electron chi connectivity index (χ3n) is 2.60. The molecule has 1 atom stereocenters. The normalized spacial score (nSPS) is 18.4. The molecule has 0 saturated carbocycles. The molecule has 1 aromatic rings. The molecule has 0 fully saturated rings. The number of methoxy groups -OCH3 is 1. The first-order chi connectivity index (χ1) is 8.61. The zero-order valence-corrected chi connectivity index (χ0v) is 9.66. The monoisotopic (exact) mass is 245 g/mol. The fourth-order valence-electron chi connectivity index (χ4n) is 1.61. The molecule has 1 aromatic carbocycles. The summed E-state index contributed by atoms with van der Waals surface area (Å²) in [6.45, 7) is 0. The number of nitrogens with zero attached hydrogens (tertiary/aromatic N) is 1. The molecule has 0 aliphatic carbocycles. The lowest BCUT2D eigenvalue weighted by Crippen LogP contribution is -2.24. The number of aliphatic carboxylic acids is 1. The number of carboxylic acid groups (broad SMARTS) is 1. The average Bonchev–Trinajstić information content (AvgIpc) is 2.38. The Morgan fingerprint density at radius 2 is 2.00 bits per heavy atom. The minimum absolute atomic E-state index is 0.458. The van der Waals surface area contributed by atoms with Gasteiger partial charge in [0, 0.05) is 5.56 Å². The van der Waals surface area contributed by atoms with E-state index in [2.05, 4.69) is 4.99 Å². The van der Waals surface area contributed by atoms with Crippen LogP contribution in [0.1, 0.15) is 5.56 Å². The lowest BCUT2D eigenvalue weighted by Gasteiger charge is -2.10. The minimum Gasteiger partial charge on any atom is -0.497 e. The van der Waals surface area contributed by atoms with Crippen LogP contribution < -0.4 is 4.74 Å². The molecule has 0 bridgehead atoms. The van der Waals surface area contributed by atoms with E-state index in [1.807, 2.05) is 0 Å². The fourth-order valence-corrected chi connectivity index (χ4v) is 1.61. The Bertz CT molecular complexity index is 543. The first kappa shape index (κ1) is 12.0. The fraction of sp³-hybridized carbons (Fsp3) is 0.154. The predicted octanol–water partition coefficient (Wildman–Crippen LogP) is 1.28. The van der Waals surface area contributed by atoms with Crippen LogP contribution in [-0.4, -0.2) is 29.8 Å². The highest BCUT2D eigenvalue weighted by Gasteiger charge is 2.26. The number of hydrogen-bond acceptors (Lipinski definition) is 3. The Balaban J connectivity index is 2.25. The van der Waals surface area contributed by atoms with Crippen LogP contribution in [0.3, 0.4) is 0 Å². The second-order valence-electron chi connectivity index (χ2n) is 3.74. The van der Waals surface area contributed by atoms with Gasteiger partial charge in [0.05, 0.1) is 12.8 Å². The van der Waals surface area contributed by atoms with Crippen molar-refractivity contribution in [2.75, 3.05) is 7.11 Å². The van der Waals surface area contributed by atoms with E-state index in [0.717, 1.165) is 5.56 Å². The minimum atomic E-state index is -1.19. The van der Waals surface area contributed by atoms with Gasteiger partial charge in [0.2, 0.25) is 0 Å².